The number of halogens is 2. The van der Waals surface area contributed by atoms with Crippen LogP contribution in [0.5, 0.6) is 0 Å². The van der Waals surface area contributed by atoms with Crippen molar-refractivity contribution in [2.75, 3.05) is 11.2 Å². The Balaban J connectivity index is 1.68. The molecule has 7 heteroatoms. The third-order valence-electron chi connectivity index (χ3n) is 4.07. The quantitative estimate of drug-likeness (QED) is 0.616. The highest BCUT2D eigenvalue weighted by molar-refractivity contribution is 8.13. The van der Waals surface area contributed by atoms with Gasteiger partial charge in [0.15, 0.2) is 0 Å². The van der Waals surface area contributed by atoms with Crippen LogP contribution >= 0.6 is 35.0 Å². The summed E-state index contributed by atoms with van der Waals surface area (Å²) in [5.74, 6) is 0.683. The van der Waals surface area contributed by atoms with Gasteiger partial charge in [0.1, 0.15) is 0 Å². The first-order chi connectivity index (χ1) is 12.1. The molecule has 1 amide bonds. The summed E-state index contributed by atoms with van der Waals surface area (Å²) in [7, 11) is 0. The molecule has 1 atom stereocenters. The van der Waals surface area contributed by atoms with Crippen LogP contribution in [0.15, 0.2) is 54.7 Å². The number of hydrogen-bond acceptors (Lipinski definition) is 4. The molecule has 1 fully saturated rings. The molecule has 0 bridgehead atoms. The van der Waals surface area contributed by atoms with Gasteiger partial charge >= 0.3 is 5.24 Å². The van der Waals surface area contributed by atoms with Crippen molar-refractivity contribution in [3.05, 3.63) is 70.3 Å². The Bertz CT molecular complexity index is 949. The molecule has 1 unspecified atom stereocenters. The highest BCUT2D eigenvalue weighted by Crippen LogP contribution is 2.36. The molecule has 1 aromatic heterocycles. The van der Waals surface area contributed by atoms with Gasteiger partial charge in [-0.15, -0.1) is 0 Å². The van der Waals surface area contributed by atoms with Gasteiger partial charge in [-0.05, 0) is 42.0 Å². The molecule has 2 heterocycles. The number of benzene rings is 2. The Morgan fingerprint density at radius 2 is 1.84 bits per heavy atom. The van der Waals surface area contributed by atoms with E-state index < -0.39 is 0 Å². The van der Waals surface area contributed by atoms with E-state index in [0.717, 1.165) is 22.2 Å². The number of anilines is 1. The van der Waals surface area contributed by atoms with E-state index in [9.17, 15) is 4.79 Å². The zero-order chi connectivity index (χ0) is 17.4. The van der Waals surface area contributed by atoms with Crippen molar-refractivity contribution in [3.63, 3.8) is 0 Å². The molecular weight excluding hydrogens is 377 g/mol. The van der Waals surface area contributed by atoms with Gasteiger partial charge in [-0.2, -0.15) is 0 Å². The van der Waals surface area contributed by atoms with E-state index in [0.29, 0.717) is 15.8 Å². The molecule has 0 saturated carbocycles. The van der Waals surface area contributed by atoms with Gasteiger partial charge < -0.3 is 0 Å². The second-order valence-corrected chi connectivity index (χ2v) is 7.49. The van der Waals surface area contributed by atoms with Gasteiger partial charge in [-0.25, -0.2) is 5.01 Å². The van der Waals surface area contributed by atoms with E-state index in [-0.39, 0.29) is 11.3 Å². The largest absolute Gasteiger partial charge is 0.300 e. The van der Waals surface area contributed by atoms with Crippen molar-refractivity contribution in [1.29, 1.82) is 0 Å². The summed E-state index contributed by atoms with van der Waals surface area (Å²) in [4.78, 5) is 16.7. The molecule has 0 spiro atoms. The SMILES string of the molecule is O=C1SCC(c2ccc(Cl)cc2)N1Nc1ccnc2cc(Cl)ccc12. The Morgan fingerprint density at radius 1 is 1.08 bits per heavy atom. The number of fused-ring (bicyclic) bond motifs is 1. The van der Waals surface area contributed by atoms with Crippen molar-refractivity contribution in [1.82, 2.24) is 9.99 Å². The Hall–Kier alpha value is -1.95. The lowest BCUT2D eigenvalue weighted by Crippen LogP contribution is -2.32. The summed E-state index contributed by atoms with van der Waals surface area (Å²) in [6.45, 7) is 0. The summed E-state index contributed by atoms with van der Waals surface area (Å²) in [5.41, 5.74) is 5.90. The number of aromatic nitrogens is 1. The number of nitrogens with zero attached hydrogens (tertiary/aromatic N) is 2. The molecule has 0 radical (unpaired) electrons. The standard InChI is InChI=1S/C18H13Cl2N3OS/c19-12-3-1-11(2-4-12)17-10-25-18(24)23(17)22-15-7-8-21-16-9-13(20)5-6-14(15)16/h1-9,17H,10H2,(H,21,22). The predicted octanol–water partition coefficient (Wildman–Crippen LogP) is 5.78. The van der Waals surface area contributed by atoms with Crippen molar-refractivity contribution >= 4 is 56.8 Å². The number of nitrogens with one attached hydrogen (secondary N) is 1. The summed E-state index contributed by atoms with van der Waals surface area (Å²) < 4.78 is 0. The van der Waals surface area contributed by atoms with Crippen LogP contribution in [0.2, 0.25) is 10.0 Å². The normalized spacial score (nSPS) is 17.3. The number of hydrogen-bond donors (Lipinski definition) is 1. The van der Waals surface area contributed by atoms with Crippen LogP contribution in [0.25, 0.3) is 10.9 Å². The fourth-order valence-electron chi connectivity index (χ4n) is 2.82. The summed E-state index contributed by atoms with van der Waals surface area (Å²) >= 11 is 13.3. The smallest absolute Gasteiger partial charge is 0.294 e. The second kappa shape index (κ2) is 6.75. The first kappa shape index (κ1) is 16.5. The van der Waals surface area contributed by atoms with Gasteiger partial charge in [0.25, 0.3) is 0 Å². The number of carbonyl (C=O) groups is 1. The van der Waals surface area contributed by atoms with Crippen LogP contribution in [0, 0.1) is 0 Å². The number of thioether (sulfide) groups is 1. The number of carbonyl (C=O) groups excluding carboxylic acids is 1. The van der Waals surface area contributed by atoms with E-state index >= 15 is 0 Å². The first-order valence-corrected chi connectivity index (χ1v) is 9.38. The van der Waals surface area contributed by atoms with Gasteiger partial charge in [0, 0.05) is 27.4 Å². The molecule has 0 aliphatic carbocycles. The van der Waals surface area contributed by atoms with Crippen LogP contribution in [-0.2, 0) is 0 Å². The minimum Gasteiger partial charge on any atom is -0.294 e. The minimum atomic E-state index is -0.0646. The number of rotatable bonds is 3. The second-order valence-electron chi connectivity index (χ2n) is 5.65. The maximum Gasteiger partial charge on any atom is 0.300 e. The predicted molar refractivity (Wildman–Crippen MR) is 104 cm³/mol. The Labute approximate surface area is 159 Å². The van der Waals surface area contributed by atoms with Crippen LogP contribution in [0.3, 0.4) is 0 Å². The van der Waals surface area contributed by atoms with Crippen LogP contribution in [0.1, 0.15) is 11.6 Å². The molecule has 3 aromatic rings. The van der Waals surface area contributed by atoms with Crippen LogP contribution in [0.4, 0.5) is 10.5 Å². The average Bonchev–Trinajstić information content (AvgIpc) is 2.96. The fourth-order valence-corrected chi connectivity index (χ4v) is 4.07. The van der Waals surface area contributed by atoms with Crippen LogP contribution < -0.4 is 5.43 Å². The zero-order valence-corrected chi connectivity index (χ0v) is 15.3. The molecule has 1 saturated heterocycles. The third-order valence-corrected chi connectivity index (χ3v) is 5.49. The van der Waals surface area contributed by atoms with Gasteiger partial charge in [0.05, 0.1) is 17.2 Å². The molecule has 1 aliphatic rings. The van der Waals surface area contributed by atoms with Gasteiger partial charge in [-0.3, -0.25) is 15.2 Å². The molecule has 1 N–H and O–H groups in total. The average molecular weight is 390 g/mol. The highest BCUT2D eigenvalue weighted by Gasteiger charge is 2.33. The molecule has 126 valence electrons. The number of amides is 1. The monoisotopic (exact) mass is 389 g/mol. The fraction of sp³-hybridized carbons (Fsp3) is 0.111. The molecule has 2 aromatic carbocycles. The first-order valence-electron chi connectivity index (χ1n) is 7.64. The van der Waals surface area contributed by atoms with Gasteiger partial charge in [0.2, 0.25) is 0 Å². The highest BCUT2D eigenvalue weighted by atomic mass is 35.5. The lowest BCUT2D eigenvalue weighted by atomic mass is 10.1. The number of hydrazine groups is 1. The maximum absolute atomic E-state index is 12.4. The Morgan fingerprint density at radius 3 is 2.64 bits per heavy atom. The topological polar surface area (TPSA) is 45.2 Å². The van der Waals surface area contributed by atoms with E-state index in [1.54, 1.807) is 17.3 Å². The lowest BCUT2D eigenvalue weighted by Gasteiger charge is -2.26. The van der Waals surface area contributed by atoms with Gasteiger partial charge in [-0.1, -0.05) is 47.1 Å². The number of pyridine rings is 1. The third kappa shape index (κ3) is 3.27. The molecule has 4 nitrogen and oxygen atoms in total. The van der Waals surface area contributed by atoms with E-state index in [1.807, 2.05) is 42.5 Å². The van der Waals surface area contributed by atoms with Crippen LogP contribution in [-0.4, -0.2) is 21.0 Å². The minimum absolute atomic E-state index is 0.0149. The van der Waals surface area contributed by atoms with Crippen molar-refractivity contribution in [3.8, 4) is 0 Å². The van der Waals surface area contributed by atoms with Crippen molar-refractivity contribution in [2.24, 2.45) is 0 Å². The maximum atomic E-state index is 12.4. The molecule has 1 aliphatic heterocycles. The van der Waals surface area contributed by atoms with E-state index in [4.69, 9.17) is 23.2 Å². The summed E-state index contributed by atoms with van der Waals surface area (Å²) in [5, 5.41) is 3.86. The van der Waals surface area contributed by atoms with E-state index in [2.05, 4.69) is 10.4 Å². The summed E-state index contributed by atoms with van der Waals surface area (Å²) in [6.07, 6.45) is 1.70. The molecule has 4 rings (SSSR count). The Kier molecular flexibility index (Phi) is 4.46. The molecule has 25 heavy (non-hydrogen) atoms. The van der Waals surface area contributed by atoms with E-state index in [1.165, 1.54) is 11.8 Å². The lowest BCUT2D eigenvalue weighted by molar-refractivity contribution is 0.225. The molecular formula is C18H13Cl2N3OS. The zero-order valence-electron chi connectivity index (χ0n) is 12.9. The van der Waals surface area contributed by atoms with Crippen molar-refractivity contribution in [2.45, 2.75) is 6.04 Å². The van der Waals surface area contributed by atoms with Crippen molar-refractivity contribution < 1.29 is 4.79 Å². The summed E-state index contributed by atoms with van der Waals surface area (Å²) in [6, 6.07) is 14.9.